The highest BCUT2D eigenvalue weighted by Gasteiger charge is 2.21. The summed E-state index contributed by atoms with van der Waals surface area (Å²) in [6.07, 6.45) is 0. The number of aromatic carboxylic acids is 1. The molecule has 118 valence electrons. The summed E-state index contributed by atoms with van der Waals surface area (Å²) >= 11 is 0. The maximum atomic E-state index is 11.1. The fourth-order valence-electron chi connectivity index (χ4n) is 2.34. The second kappa shape index (κ2) is 6.48. The number of carbonyl (C=O) groups is 1. The molecule has 0 fully saturated rings. The minimum Gasteiger partial charge on any atom is -0.496 e. The SMILES string of the molecule is COCc1c(OC)ccc(OC)c1-c1cc(C(=O)O)nn1C. The van der Waals surface area contributed by atoms with Crippen molar-refractivity contribution in [3.8, 4) is 22.8 Å². The second-order valence-electron chi connectivity index (χ2n) is 4.60. The average molecular weight is 306 g/mol. The van der Waals surface area contributed by atoms with Crippen molar-refractivity contribution in [1.82, 2.24) is 9.78 Å². The molecule has 2 aromatic rings. The molecule has 7 nitrogen and oxygen atoms in total. The standard InChI is InChI=1S/C15H18N2O5/c1-17-11(7-10(16-17)15(18)19)14-9(8-20-2)12(21-3)5-6-13(14)22-4/h5-7H,8H2,1-4H3,(H,18,19). The van der Waals surface area contributed by atoms with Crippen LogP contribution < -0.4 is 9.47 Å². The van der Waals surface area contributed by atoms with Crippen LogP contribution in [0, 0.1) is 0 Å². The highest BCUT2D eigenvalue weighted by molar-refractivity contribution is 5.88. The van der Waals surface area contributed by atoms with Crippen LogP contribution in [0.5, 0.6) is 11.5 Å². The molecule has 0 saturated heterocycles. The lowest BCUT2D eigenvalue weighted by atomic mass is 10.0. The molecule has 0 bridgehead atoms. The van der Waals surface area contributed by atoms with Gasteiger partial charge in [0.25, 0.3) is 0 Å². The van der Waals surface area contributed by atoms with E-state index in [1.807, 2.05) is 0 Å². The lowest BCUT2D eigenvalue weighted by molar-refractivity contribution is 0.0689. The second-order valence-corrected chi connectivity index (χ2v) is 4.60. The molecule has 0 aliphatic carbocycles. The Hall–Kier alpha value is -2.54. The molecule has 0 aliphatic rings. The number of carboxylic acids is 1. The van der Waals surface area contributed by atoms with Crippen LogP contribution in [0.3, 0.4) is 0 Å². The Labute approximate surface area is 128 Å². The number of hydrogen-bond acceptors (Lipinski definition) is 5. The third kappa shape index (κ3) is 2.75. The summed E-state index contributed by atoms with van der Waals surface area (Å²) < 4.78 is 17.5. The first kappa shape index (κ1) is 15.8. The molecular formula is C15H18N2O5. The molecule has 7 heteroatoms. The third-order valence-electron chi connectivity index (χ3n) is 3.32. The van der Waals surface area contributed by atoms with E-state index < -0.39 is 5.97 Å². The number of hydrogen-bond donors (Lipinski definition) is 1. The number of benzene rings is 1. The van der Waals surface area contributed by atoms with Gasteiger partial charge in [0, 0.05) is 19.7 Å². The molecule has 1 aromatic carbocycles. The van der Waals surface area contributed by atoms with E-state index in [9.17, 15) is 4.79 Å². The molecular weight excluding hydrogens is 288 g/mol. The number of aromatic nitrogens is 2. The van der Waals surface area contributed by atoms with E-state index in [0.717, 1.165) is 5.56 Å². The van der Waals surface area contributed by atoms with E-state index in [4.69, 9.17) is 19.3 Å². The van der Waals surface area contributed by atoms with Gasteiger partial charge in [0.15, 0.2) is 5.69 Å². The van der Waals surface area contributed by atoms with Crippen LogP contribution in [-0.4, -0.2) is 42.2 Å². The van der Waals surface area contributed by atoms with Gasteiger partial charge < -0.3 is 19.3 Å². The van der Waals surface area contributed by atoms with Crippen LogP contribution in [0.4, 0.5) is 0 Å². The van der Waals surface area contributed by atoms with E-state index >= 15 is 0 Å². The van der Waals surface area contributed by atoms with Gasteiger partial charge in [-0.2, -0.15) is 5.10 Å². The quantitative estimate of drug-likeness (QED) is 0.878. The molecule has 1 aromatic heterocycles. The zero-order chi connectivity index (χ0) is 16.3. The summed E-state index contributed by atoms with van der Waals surface area (Å²) in [6, 6.07) is 5.05. The predicted octanol–water partition coefficient (Wildman–Crippen LogP) is 1.95. The molecule has 0 radical (unpaired) electrons. The van der Waals surface area contributed by atoms with E-state index in [0.29, 0.717) is 29.4 Å². The van der Waals surface area contributed by atoms with E-state index in [2.05, 4.69) is 5.10 Å². The Bertz CT molecular complexity index is 693. The summed E-state index contributed by atoms with van der Waals surface area (Å²) in [7, 11) is 6.37. The van der Waals surface area contributed by atoms with Gasteiger partial charge >= 0.3 is 5.97 Å². The molecule has 1 N–H and O–H groups in total. The van der Waals surface area contributed by atoms with Crippen LogP contribution in [-0.2, 0) is 18.4 Å². The minimum atomic E-state index is -1.09. The van der Waals surface area contributed by atoms with Crippen molar-refractivity contribution in [1.29, 1.82) is 0 Å². The fourth-order valence-corrected chi connectivity index (χ4v) is 2.34. The molecule has 0 atom stereocenters. The average Bonchev–Trinajstić information content (AvgIpc) is 2.89. The fraction of sp³-hybridized carbons (Fsp3) is 0.333. The first-order chi connectivity index (χ1) is 10.5. The maximum absolute atomic E-state index is 11.1. The summed E-state index contributed by atoms with van der Waals surface area (Å²) in [5.41, 5.74) is 2.04. The van der Waals surface area contributed by atoms with Crippen molar-refractivity contribution < 1.29 is 24.1 Å². The predicted molar refractivity (Wildman–Crippen MR) is 79.4 cm³/mol. The number of methoxy groups -OCH3 is 3. The van der Waals surface area contributed by atoms with Crippen LogP contribution in [0.1, 0.15) is 16.1 Å². The Morgan fingerprint density at radius 1 is 1.23 bits per heavy atom. The molecule has 1 heterocycles. The Morgan fingerprint density at radius 2 is 1.86 bits per heavy atom. The first-order valence-corrected chi connectivity index (χ1v) is 6.54. The molecule has 0 unspecified atom stereocenters. The summed E-state index contributed by atoms with van der Waals surface area (Å²) in [4.78, 5) is 11.1. The summed E-state index contributed by atoms with van der Waals surface area (Å²) in [5.74, 6) is 0.139. The van der Waals surface area contributed by atoms with Crippen LogP contribution in [0.25, 0.3) is 11.3 Å². The highest BCUT2D eigenvalue weighted by Crippen LogP contribution is 2.39. The van der Waals surface area contributed by atoms with E-state index in [-0.39, 0.29) is 5.69 Å². The van der Waals surface area contributed by atoms with E-state index in [1.165, 1.54) is 10.7 Å². The van der Waals surface area contributed by atoms with Crippen molar-refractivity contribution in [2.24, 2.45) is 7.05 Å². The lowest BCUT2D eigenvalue weighted by Gasteiger charge is -2.17. The Kier molecular flexibility index (Phi) is 4.67. The van der Waals surface area contributed by atoms with Crippen LogP contribution >= 0.6 is 0 Å². The molecule has 2 rings (SSSR count). The monoisotopic (exact) mass is 306 g/mol. The van der Waals surface area contributed by atoms with Crippen molar-refractivity contribution in [2.45, 2.75) is 6.61 Å². The topological polar surface area (TPSA) is 82.8 Å². The number of ether oxygens (including phenoxy) is 3. The first-order valence-electron chi connectivity index (χ1n) is 6.54. The van der Waals surface area contributed by atoms with Gasteiger partial charge in [0.2, 0.25) is 0 Å². The number of carboxylic acid groups (broad SMARTS) is 1. The summed E-state index contributed by atoms with van der Waals surface area (Å²) in [5, 5.41) is 13.1. The van der Waals surface area contributed by atoms with Crippen molar-refractivity contribution in [3.05, 3.63) is 29.5 Å². The molecule has 22 heavy (non-hydrogen) atoms. The smallest absolute Gasteiger partial charge is 0.356 e. The van der Waals surface area contributed by atoms with Gasteiger partial charge in [-0.3, -0.25) is 4.68 Å². The molecule has 0 saturated carbocycles. The molecule has 0 aliphatic heterocycles. The zero-order valence-electron chi connectivity index (χ0n) is 12.9. The van der Waals surface area contributed by atoms with Gasteiger partial charge in [0.1, 0.15) is 11.5 Å². The number of nitrogens with zero attached hydrogens (tertiary/aromatic N) is 2. The van der Waals surface area contributed by atoms with Gasteiger partial charge in [-0.05, 0) is 18.2 Å². The van der Waals surface area contributed by atoms with Crippen molar-refractivity contribution in [3.63, 3.8) is 0 Å². The van der Waals surface area contributed by atoms with Gasteiger partial charge in [0.05, 0.1) is 32.1 Å². The largest absolute Gasteiger partial charge is 0.496 e. The van der Waals surface area contributed by atoms with Crippen LogP contribution in [0.15, 0.2) is 18.2 Å². The lowest BCUT2D eigenvalue weighted by Crippen LogP contribution is -2.03. The van der Waals surface area contributed by atoms with Crippen LogP contribution in [0.2, 0.25) is 0 Å². The minimum absolute atomic E-state index is 0.0364. The Morgan fingerprint density at radius 3 is 2.36 bits per heavy atom. The highest BCUT2D eigenvalue weighted by atomic mass is 16.5. The van der Waals surface area contributed by atoms with Gasteiger partial charge in [-0.1, -0.05) is 0 Å². The Balaban J connectivity index is 2.73. The molecule has 0 amide bonds. The maximum Gasteiger partial charge on any atom is 0.356 e. The van der Waals surface area contributed by atoms with E-state index in [1.54, 1.807) is 40.5 Å². The third-order valence-corrected chi connectivity index (χ3v) is 3.32. The number of rotatable bonds is 6. The zero-order valence-corrected chi connectivity index (χ0v) is 12.9. The van der Waals surface area contributed by atoms with Gasteiger partial charge in [-0.25, -0.2) is 4.79 Å². The normalized spacial score (nSPS) is 10.5. The molecule has 0 spiro atoms. The van der Waals surface area contributed by atoms with Gasteiger partial charge in [-0.15, -0.1) is 0 Å². The number of aryl methyl sites for hydroxylation is 1. The van der Waals surface area contributed by atoms with Crippen molar-refractivity contribution in [2.75, 3.05) is 21.3 Å². The van der Waals surface area contributed by atoms with Crippen molar-refractivity contribution >= 4 is 5.97 Å². The summed E-state index contributed by atoms with van der Waals surface area (Å²) in [6.45, 7) is 0.295.